The highest BCUT2D eigenvalue weighted by Crippen LogP contribution is 2.41. The summed E-state index contributed by atoms with van der Waals surface area (Å²) in [5.74, 6) is 1.71. The quantitative estimate of drug-likeness (QED) is 0.896. The molecule has 1 aromatic rings. The van der Waals surface area contributed by atoms with Crippen molar-refractivity contribution in [1.82, 2.24) is 4.98 Å². The topological polar surface area (TPSA) is 33.1 Å². The number of nitrogens with zero attached hydrogens (tertiary/aromatic N) is 1. The van der Waals surface area contributed by atoms with E-state index in [2.05, 4.69) is 18.0 Å². The van der Waals surface area contributed by atoms with E-state index >= 15 is 0 Å². The lowest BCUT2D eigenvalue weighted by molar-refractivity contribution is 0.0495. The van der Waals surface area contributed by atoms with Crippen LogP contribution >= 0.6 is 0 Å². The maximum absolute atomic E-state index is 10.8. The molecule has 2 aliphatic rings. The summed E-state index contributed by atoms with van der Waals surface area (Å²) in [6.07, 6.45) is 11.6. The third kappa shape index (κ3) is 2.76. The molecule has 1 heterocycles. The third-order valence-corrected chi connectivity index (χ3v) is 5.49. The zero-order valence-corrected chi connectivity index (χ0v) is 12.6. The molecular formula is C18H27NO. The van der Waals surface area contributed by atoms with Gasteiger partial charge in [0.2, 0.25) is 0 Å². The van der Waals surface area contributed by atoms with Crippen molar-refractivity contribution in [3.63, 3.8) is 0 Å². The van der Waals surface area contributed by atoms with Gasteiger partial charge >= 0.3 is 0 Å². The van der Waals surface area contributed by atoms with E-state index < -0.39 is 0 Å². The molecule has 0 saturated heterocycles. The Balaban J connectivity index is 1.62. The van der Waals surface area contributed by atoms with Crippen LogP contribution in [-0.4, -0.2) is 16.2 Å². The van der Waals surface area contributed by atoms with Crippen LogP contribution in [0.15, 0.2) is 18.3 Å². The number of pyridine rings is 1. The van der Waals surface area contributed by atoms with Crippen LogP contribution in [0.3, 0.4) is 0 Å². The molecule has 2 aliphatic carbocycles. The molecule has 1 fully saturated rings. The van der Waals surface area contributed by atoms with Crippen LogP contribution < -0.4 is 0 Å². The van der Waals surface area contributed by atoms with E-state index in [9.17, 15) is 5.11 Å². The van der Waals surface area contributed by atoms with E-state index in [4.69, 9.17) is 0 Å². The molecule has 0 aromatic carbocycles. The number of aliphatic hydroxyl groups is 1. The summed E-state index contributed by atoms with van der Waals surface area (Å²) in [5.41, 5.74) is 2.53. The summed E-state index contributed by atoms with van der Waals surface area (Å²) >= 11 is 0. The van der Waals surface area contributed by atoms with Gasteiger partial charge in [-0.1, -0.05) is 38.7 Å². The fraction of sp³-hybridized carbons (Fsp3) is 0.722. The Hall–Kier alpha value is -0.890. The number of hydrogen-bond acceptors (Lipinski definition) is 2. The van der Waals surface area contributed by atoms with Gasteiger partial charge in [-0.15, -0.1) is 0 Å². The molecule has 1 saturated carbocycles. The molecule has 3 rings (SSSR count). The highest BCUT2D eigenvalue weighted by Gasteiger charge is 2.36. The maximum Gasteiger partial charge on any atom is 0.0652 e. The SMILES string of the molecule is CCCC1CCC(C(O)C2CCc3cccnc32)CC1. The van der Waals surface area contributed by atoms with Crippen molar-refractivity contribution in [2.75, 3.05) is 0 Å². The molecule has 1 N–H and O–H groups in total. The molecular weight excluding hydrogens is 246 g/mol. The van der Waals surface area contributed by atoms with Crippen molar-refractivity contribution < 1.29 is 5.11 Å². The average molecular weight is 273 g/mol. The zero-order valence-electron chi connectivity index (χ0n) is 12.6. The van der Waals surface area contributed by atoms with Crippen LogP contribution in [0.4, 0.5) is 0 Å². The van der Waals surface area contributed by atoms with E-state index in [1.54, 1.807) is 0 Å². The van der Waals surface area contributed by atoms with Crippen molar-refractivity contribution >= 4 is 0 Å². The molecule has 20 heavy (non-hydrogen) atoms. The van der Waals surface area contributed by atoms with E-state index in [-0.39, 0.29) is 6.10 Å². The van der Waals surface area contributed by atoms with Crippen LogP contribution in [0.25, 0.3) is 0 Å². The fourth-order valence-electron chi connectivity index (χ4n) is 4.33. The number of aryl methyl sites for hydroxylation is 1. The van der Waals surface area contributed by atoms with Crippen molar-refractivity contribution in [1.29, 1.82) is 0 Å². The summed E-state index contributed by atoms with van der Waals surface area (Å²) in [4.78, 5) is 4.54. The van der Waals surface area contributed by atoms with Crippen molar-refractivity contribution in [3.8, 4) is 0 Å². The van der Waals surface area contributed by atoms with Gasteiger partial charge in [0.25, 0.3) is 0 Å². The molecule has 0 bridgehead atoms. The summed E-state index contributed by atoms with van der Waals surface area (Å²) in [5, 5.41) is 10.8. The van der Waals surface area contributed by atoms with Gasteiger partial charge in [-0.25, -0.2) is 0 Å². The van der Waals surface area contributed by atoms with Crippen molar-refractivity contribution in [2.24, 2.45) is 11.8 Å². The van der Waals surface area contributed by atoms with Gasteiger partial charge in [-0.3, -0.25) is 4.98 Å². The van der Waals surface area contributed by atoms with Crippen LogP contribution in [0.5, 0.6) is 0 Å². The normalized spacial score (nSPS) is 31.0. The molecule has 0 amide bonds. The number of rotatable bonds is 4. The Bertz CT molecular complexity index is 437. The van der Waals surface area contributed by atoms with Gasteiger partial charge in [-0.2, -0.15) is 0 Å². The number of fused-ring (bicyclic) bond motifs is 1. The fourth-order valence-corrected chi connectivity index (χ4v) is 4.33. The van der Waals surface area contributed by atoms with E-state index in [1.165, 1.54) is 49.8 Å². The third-order valence-electron chi connectivity index (χ3n) is 5.49. The van der Waals surface area contributed by atoms with Crippen molar-refractivity contribution in [2.45, 2.75) is 70.3 Å². The first-order valence-electron chi connectivity index (χ1n) is 8.41. The standard InChI is InChI=1S/C18H27NO/c1-2-4-13-6-8-15(9-7-13)18(20)16-11-10-14-5-3-12-19-17(14)16/h3,5,12-13,15-16,18,20H,2,4,6-11H2,1H3. The second-order valence-corrected chi connectivity index (χ2v) is 6.75. The van der Waals surface area contributed by atoms with Gasteiger partial charge in [0.15, 0.2) is 0 Å². The molecule has 0 radical (unpaired) electrons. The minimum Gasteiger partial charge on any atom is -0.392 e. The van der Waals surface area contributed by atoms with Crippen LogP contribution in [0, 0.1) is 11.8 Å². The molecule has 2 unspecified atom stereocenters. The summed E-state index contributed by atoms with van der Waals surface area (Å²) < 4.78 is 0. The highest BCUT2D eigenvalue weighted by atomic mass is 16.3. The predicted octanol–water partition coefficient (Wildman–Crippen LogP) is 4.08. The lowest BCUT2D eigenvalue weighted by Gasteiger charge is -2.34. The number of hydrogen-bond donors (Lipinski definition) is 1. The minimum atomic E-state index is -0.172. The summed E-state index contributed by atoms with van der Waals surface area (Å²) in [7, 11) is 0. The van der Waals surface area contributed by atoms with Crippen LogP contribution in [0.1, 0.15) is 69.0 Å². The monoisotopic (exact) mass is 273 g/mol. The van der Waals surface area contributed by atoms with Crippen LogP contribution in [-0.2, 0) is 6.42 Å². The Morgan fingerprint density at radius 3 is 2.80 bits per heavy atom. The van der Waals surface area contributed by atoms with E-state index in [1.807, 2.05) is 12.3 Å². The maximum atomic E-state index is 10.8. The van der Waals surface area contributed by atoms with Gasteiger partial charge in [0.1, 0.15) is 0 Å². The zero-order chi connectivity index (χ0) is 13.9. The molecule has 2 heteroatoms. The van der Waals surface area contributed by atoms with Crippen LogP contribution in [0.2, 0.25) is 0 Å². The van der Waals surface area contributed by atoms with Gasteiger partial charge in [-0.05, 0) is 49.1 Å². The molecule has 1 aromatic heterocycles. The van der Waals surface area contributed by atoms with E-state index in [0.29, 0.717) is 11.8 Å². The second kappa shape index (κ2) is 6.26. The Kier molecular flexibility index (Phi) is 4.40. The molecule has 2 atom stereocenters. The first kappa shape index (κ1) is 14.1. The smallest absolute Gasteiger partial charge is 0.0652 e. The Morgan fingerprint density at radius 2 is 2.05 bits per heavy atom. The minimum absolute atomic E-state index is 0.172. The molecule has 0 aliphatic heterocycles. The Morgan fingerprint density at radius 1 is 1.25 bits per heavy atom. The average Bonchev–Trinajstić information content (AvgIpc) is 2.92. The first-order chi connectivity index (χ1) is 9.79. The summed E-state index contributed by atoms with van der Waals surface area (Å²) in [6, 6.07) is 4.19. The second-order valence-electron chi connectivity index (χ2n) is 6.75. The van der Waals surface area contributed by atoms with Gasteiger partial charge in [0.05, 0.1) is 6.10 Å². The molecule has 110 valence electrons. The largest absolute Gasteiger partial charge is 0.392 e. The lowest BCUT2D eigenvalue weighted by atomic mass is 9.75. The Labute approximate surface area is 122 Å². The van der Waals surface area contributed by atoms with Crippen molar-refractivity contribution in [3.05, 3.63) is 29.6 Å². The predicted molar refractivity (Wildman–Crippen MR) is 81.7 cm³/mol. The highest BCUT2D eigenvalue weighted by molar-refractivity contribution is 5.29. The lowest BCUT2D eigenvalue weighted by Crippen LogP contribution is -2.30. The first-order valence-corrected chi connectivity index (χ1v) is 8.41. The molecule has 2 nitrogen and oxygen atoms in total. The van der Waals surface area contributed by atoms with Gasteiger partial charge < -0.3 is 5.11 Å². The van der Waals surface area contributed by atoms with E-state index in [0.717, 1.165) is 18.8 Å². The summed E-state index contributed by atoms with van der Waals surface area (Å²) in [6.45, 7) is 2.28. The van der Waals surface area contributed by atoms with Gasteiger partial charge in [0, 0.05) is 17.8 Å². The number of aromatic nitrogens is 1. The number of aliphatic hydroxyl groups excluding tert-OH is 1. The molecule has 0 spiro atoms.